The van der Waals surface area contributed by atoms with Crippen LogP contribution in [0.1, 0.15) is 32.3 Å². The molecule has 7 nitrogen and oxygen atoms in total. The van der Waals surface area contributed by atoms with Crippen molar-refractivity contribution in [1.29, 1.82) is 0 Å². The number of carbonyl (C=O) groups excluding carboxylic acids is 2. The Morgan fingerprint density at radius 2 is 1.72 bits per heavy atom. The van der Waals surface area contributed by atoms with Crippen LogP contribution in [0.2, 0.25) is 10.0 Å². The number of nitrogens with one attached hydrogen (secondary N) is 1. The SMILES string of the molecule is CCCCNC(=O)[C@@H](C)N(Cc1cccc(Br)c1)C(=O)CN(c1ccc(Cl)cc1Cl)S(=O)(=O)c1ccccc1. The number of nitrogens with zero attached hydrogens (tertiary/aromatic N) is 2. The number of hydrogen-bond acceptors (Lipinski definition) is 4. The highest BCUT2D eigenvalue weighted by atomic mass is 79.9. The van der Waals surface area contributed by atoms with Crippen LogP contribution < -0.4 is 9.62 Å². The second-order valence-electron chi connectivity index (χ2n) is 8.89. The van der Waals surface area contributed by atoms with Gasteiger partial charge in [0.15, 0.2) is 0 Å². The summed E-state index contributed by atoms with van der Waals surface area (Å²) >= 11 is 15.9. The predicted octanol–water partition coefficient (Wildman–Crippen LogP) is 6.28. The molecule has 2 amide bonds. The van der Waals surface area contributed by atoms with Gasteiger partial charge in [0.25, 0.3) is 10.0 Å². The van der Waals surface area contributed by atoms with Gasteiger partial charge in [-0.25, -0.2) is 8.42 Å². The number of unbranched alkanes of at least 4 members (excludes halogenated alkanes) is 1. The van der Waals surface area contributed by atoms with Gasteiger partial charge in [-0.3, -0.25) is 13.9 Å². The quantitative estimate of drug-likeness (QED) is 0.233. The highest BCUT2D eigenvalue weighted by Crippen LogP contribution is 2.33. The standard InChI is InChI=1S/C28H30BrCl2N3O4S/c1-3-4-15-32-28(36)20(2)33(18-21-9-8-10-22(29)16-21)27(35)19-34(26-14-13-23(30)17-25(26)31)39(37,38)24-11-6-5-7-12-24/h5-14,16-17,20H,3-4,15,18-19H2,1-2H3,(H,32,36)/t20-/m1/s1. The van der Waals surface area contributed by atoms with Gasteiger partial charge in [-0.05, 0) is 61.4 Å². The van der Waals surface area contributed by atoms with Crippen LogP contribution in [-0.4, -0.2) is 44.3 Å². The van der Waals surface area contributed by atoms with Crippen molar-refractivity contribution < 1.29 is 18.0 Å². The molecule has 0 bridgehead atoms. The zero-order valence-electron chi connectivity index (χ0n) is 21.6. The first-order valence-electron chi connectivity index (χ1n) is 12.4. The van der Waals surface area contributed by atoms with Crippen LogP contribution in [0.5, 0.6) is 0 Å². The van der Waals surface area contributed by atoms with Gasteiger partial charge in [0.1, 0.15) is 12.6 Å². The van der Waals surface area contributed by atoms with Gasteiger partial charge < -0.3 is 10.2 Å². The molecule has 0 heterocycles. The second kappa shape index (κ2) is 14.2. The van der Waals surface area contributed by atoms with Crippen molar-refractivity contribution >= 4 is 66.7 Å². The number of benzene rings is 3. The van der Waals surface area contributed by atoms with Crippen LogP contribution in [0.3, 0.4) is 0 Å². The lowest BCUT2D eigenvalue weighted by Gasteiger charge is -2.32. The van der Waals surface area contributed by atoms with E-state index < -0.39 is 28.5 Å². The summed E-state index contributed by atoms with van der Waals surface area (Å²) in [5.41, 5.74) is 0.869. The summed E-state index contributed by atoms with van der Waals surface area (Å²) in [7, 11) is -4.21. The van der Waals surface area contributed by atoms with Gasteiger partial charge in [0.2, 0.25) is 11.8 Å². The number of rotatable bonds is 12. The van der Waals surface area contributed by atoms with E-state index >= 15 is 0 Å². The van der Waals surface area contributed by atoms with Crippen molar-refractivity contribution in [3.05, 3.63) is 92.9 Å². The van der Waals surface area contributed by atoms with E-state index in [1.54, 1.807) is 25.1 Å². The average Bonchev–Trinajstić information content (AvgIpc) is 2.91. The molecule has 0 saturated heterocycles. The molecule has 0 unspecified atom stereocenters. The number of hydrogen-bond donors (Lipinski definition) is 1. The molecule has 39 heavy (non-hydrogen) atoms. The first-order chi connectivity index (χ1) is 18.5. The van der Waals surface area contributed by atoms with Gasteiger partial charge in [0.05, 0.1) is 15.6 Å². The maximum absolute atomic E-state index is 13.9. The number of sulfonamides is 1. The number of amides is 2. The molecule has 3 rings (SSSR count). The van der Waals surface area contributed by atoms with Gasteiger partial charge >= 0.3 is 0 Å². The number of carbonyl (C=O) groups is 2. The molecule has 208 valence electrons. The summed E-state index contributed by atoms with van der Waals surface area (Å²) in [6.07, 6.45) is 1.71. The summed E-state index contributed by atoms with van der Waals surface area (Å²) in [6, 6.07) is 18.6. The minimum absolute atomic E-state index is 0.00675. The summed E-state index contributed by atoms with van der Waals surface area (Å²) in [5.74, 6) is -0.896. The summed E-state index contributed by atoms with van der Waals surface area (Å²) < 4.78 is 29.3. The summed E-state index contributed by atoms with van der Waals surface area (Å²) in [6.45, 7) is 3.63. The van der Waals surface area contributed by atoms with Gasteiger partial charge in [-0.15, -0.1) is 0 Å². The molecule has 1 N–H and O–H groups in total. The molecule has 0 radical (unpaired) electrons. The molecule has 0 aromatic heterocycles. The van der Waals surface area contributed by atoms with Crippen molar-refractivity contribution in [2.24, 2.45) is 0 Å². The lowest BCUT2D eigenvalue weighted by atomic mass is 10.1. The van der Waals surface area contributed by atoms with E-state index in [0.29, 0.717) is 11.6 Å². The molecule has 0 aliphatic rings. The average molecular weight is 655 g/mol. The van der Waals surface area contributed by atoms with Gasteiger partial charge in [-0.2, -0.15) is 0 Å². The molecule has 0 aliphatic carbocycles. The molecular weight excluding hydrogens is 625 g/mol. The van der Waals surface area contributed by atoms with Crippen molar-refractivity contribution in [3.63, 3.8) is 0 Å². The Morgan fingerprint density at radius 3 is 2.36 bits per heavy atom. The van der Waals surface area contributed by atoms with Crippen molar-refractivity contribution in [2.75, 3.05) is 17.4 Å². The van der Waals surface area contributed by atoms with E-state index in [9.17, 15) is 18.0 Å². The highest BCUT2D eigenvalue weighted by molar-refractivity contribution is 9.10. The van der Waals surface area contributed by atoms with Crippen LogP contribution in [-0.2, 0) is 26.2 Å². The van der Waals surface area contributed by atoms with Crippen LogP contribution >= 0.6 is 39.1 Å². The second-order valence-corrected chi connectivity index (χ2v) is 12.5. The van der Waals surface area contributed by atoms with Crippen LogP contribution in [0.15, 0.2) is 82.2 Å². The van der Waals surface area contributed by atoms with E-state index in [4.69, 9.17) is 23.2 Å². The fraction of sp³-hybridized carbons (Fsp3) is 0.286. The molecule has 0 saturated carbocycles. The molecule has 0 spiro atoms. The third-order valence-electron chi connectivity index (χ3n) is 6.03. The topological polar surface area (TPSA) is 86.8 Å². The smallest absolute Gasteiger partial charge is 0.264 e. The summed E-state index contributed by atoms with van der Waals surface area (Å²) in [5, 5.41) is 3.25. The van der Waals surface area contributed by atoms with Crippen molar-refractivity contribution in [2.45, 2.75) is 44.2 Å². The Kier molecular flexibility index (Phi) is 11.2. The zero-order chi connectivity index (χ0) is 28.6. The predicted molar refractivity (Wildman–Crippen MR) is 160 cm³/mol. The molecule has 3 aromatic rings. The van der Waals surface area contributed by atoms with Gasteiger partial charge in [0, 0.05) is 22.6 Å². The fourth-order valence-corrected chi connectivity index (χ4v) is 6.33. The van der Waals surface area contributed by atoms with Crippen molar-refractivity contribution in [3.8, 4) is 0 Å². The molecule has 11 heteroatoms. The first-order valence-corrected chi connectivity index (χ1v) is 15.4. The number of halogens is 3. The van der Waals surface area contributed by atoms with E-state index in [-0.39, 0.29) is 28.1 Å². The molecule has 0 aliphatic heterocycles. The Hall–Kier alpha value is -2.59. The largest absolute Gasteiger partial charge is 0.354 e. The van der Waals surface area contributed by atoms with E-state index in [1.165, 1.54) is 35.2 Å². The Bertz CT molecular complexity index is 1410. The van der Waals surface area contributed by atoms with Gasteiger partial charge in [-0.1, -0.05) is 82.8 Å². The highest BCUT2D eigenvalue weighted by Gasteiger charge is 2.33. The normalized spacial score (nSPS) is 12.0. The van der Waals surface area contributed by atoms with Crippen LogP contribution in [0, 0.1) is 0 Å². The van der Waals surface area contributed by atoms with E-state index in [2.05, 4.69) is 21.2 Å². The van der Waals surface area contributed by atoms with Crippen LogP contribution in [0.4, 0.5) is 5.69 Å². The monoisotopic (exact) mass is 653 g/mol. The minimum atomic E-state index is -4.21. The van der Waals surface area contributed by atoms with E-state index in [1.807, 2.05) is 31.2 Å². The maximum Gasteiger partial charge on any atom is 0.264 e. The zero-order valence-corrected chi connectivity index (χ0v) is 25.5. The van der Waals surface area contributed by atoms with Crippen LogP contribution in [0.25, 0.3) is 0 Å². The fourth-order valence-electron chi connectivity index (χ4n) is 3.87. The Balaban J connectivity index is 2.02. The Morgan fingerprint density at radius 1 is 1.00 bits per heavy atom. The molecule has 3 aromatic carbocycles. The number of anilines is 1. The molecular formula is C28H30BrCl2N3O4S. The molecule has 1 atom stereocenters. The lowest BCUT2D eigenvalue weighted by Crippen LogP contribution is -2.51. The minimum Gasteiger partial charge on any atom is -0.354 e. The first kappa shape index (κ1) is 30.9. The molecule has 0 fully saturated rings. The Labute approximate surface area is 248 Å². The third kappa shape index (κ3) is 8.20. The van der Waals surface area contributed by atoms with Crippen molar-refractivity contribution in [1.82, 2.24) is 10.2 Å². The third-order valence-corrected chi connectivity index (χ3v) is 8.83. The maximum atomic E-state index is 13.9. The van der Waals surface area contributed by atoms with E-state index in [0.717, 1.165) is 27.2 Å². The lowest BCUT2D eigenvalue weighted by molar-refractivity contribution is -0.139. The summed E-state index contributed by atoms with van der Waals surface area (Å²) in [4.78, 5) is 28.3.